The fourth-order valence-corrected chi connectivity index (χ4v) is 13.2. The molecule has 6 fully saturated rings. The fraction of sp³-hybridized carbons (Fsp3) is 1.00. The van der Waals surface area contributed by atoms with Gasteiger partial charge in [-0.1, -0.05) is 358 Å². The quantitative estimate of drug-likeness (QED) is 0.122. The van der Waals surface area contributed by atoms with Crippen molar-refractivity contribution < 1.29 is 23.7 Å². The van der Waals surface area contributed by atoms with E-state index in [4.69, 9.17) is 23.7 Å². The molecule has 0 N–H and O–H groups in total. The van der Waals surface area contributed by atoms with E-state index in [-0.39, 0.29) is 6.29 Å². The molecule has 4 saturated heterocycles. The van der Waals surface area contributed by atoms with Crippen LogP contribution in [0.4, 0.5) is 0 Å². The Hall–Kier alpha value is -0.200. The van der Waals surface area contributed by atoms with Crippen LogP contribution in [0, 0.1) is 107 Å². The summed E-state index contributed by atoms with van der Waals surface area (Å²) in [5.41, 5.74) is 0. The smallest absolute Gasteiger partial charge is 0.157 e. The molecule has 6 aliphatic rings. The van der Waals surface area contributed by atoms with Gasteiger partial charge in [-0.2, -0.15) is 0 Å². The average molecular weight is 1410 g/mol. The molecule has 4 aliphatic heterocycles. The molecule has 4 heterocycles. The van der Waals surface area contributed by atoms with Crippen LogP contribution in [0.25, 0.3) is 0 Å². The number of rotatable bonds is 20. The molecule has 0 radical (unpaired) electrons. The van der Waals surface area contributed by atoms with Crippen LogP contribution in [0.5, 0.6) is 0 Å². The minimum Gasteiger partial charge on any atom is -0.378 e. The second-order valence-electron chi connectivity index (χ2n) is 28.9. The monoisotopic (exact) mass is 1410 g/mol. The van der Waals surface area contributed by atoms with Crippen molar-refractivity contribution in [2.75, 3.05) is 33.0 Å². The van der Waals surface area contributed by atoms with E-state index in [0.717, 1.165) is 122 Å². The molecule has 98 heavy (non-hydrogen) atoms. The Morgan fingerprint density at radius 1 is 0.194 bits per heavy atom. The Bertz CT molecular complexity index is 1030. The molecule has 2 saturated carbocycles. The van der Waals surface area contributed by atoms with Crippen molar-refractivity contribution in [3.05, 3.63) is 0 Å². The van der Waals surface area contributed by atoms with Gasteiger partial charge >= 0.3 is 0 Å². The highest BCUT2D eigenvalue weighted by atomic mass is 16.7. The first-order valence-electron chi connectivity index (χ1n) is 45.0. The largest absolute Gasteiger partial charge is 0.378 e. The number of ether oxygens (including phenoxy) is 5. The van der Waals surface area contributed by atoms with Gasteiger partial charge in [-0.25, -0.2) is 0 Å². The van der Waals surface area contributed by atoms with Gasteiger partial charge in [0.2, 0.25) is 0 Å². The highest BCUT2D eigenvalue weighted by Crippen LogP contribution is 2.42. The summed E-state index contributed by atoms with van der Waals surface area (Å²) in [5, 5.41) is 0. The Labute approximate surface area is 632 Å². The zero-order valence-corrected chi connectivity index (χ0v) is 79.0. The molecular formula is C93H212O5. The fourth-order valence-electron chi connectivity index (χ4n) is 13.2. The lowest BCUT2D eigenvalue weighted by atomic mass is 9.69. The van der Waals surface area contributed by atoms with Crippen LogP contribution < -0.4 is 0 Å². The van der Waals surface area contributed by atoms with E-state index < -0.39 is 0 Å². The van der Waals surface area contributed by atoms with Crippen molar-refractivity contribution in [1.82, 2.24) is 0 Å². The normalized spacial score (nSPS) is 23.1. The third kappa shape index (κ3) is 86.4. The van der Waals surface area contributed by atoms with Crippen LogP contribution in [0.3, 0.4) is 0 Å². The molecule has 0 aromatic heterocycles. The van der Waals surface area contributed by atoms with Gasteiger partial charge < -0.3 is 23.7 Å². The number of hydrogen-bond donors (Lipinski definition) is 0. The minimum atomic E-state index is 0.0541. The van der Waals surface area contributed by atoms with Crippen molar-refractivity contribution in [1.29, 1.82) is 0 Å². The number of hydrogen-bond acceptors (Lipinski definition) is 5. The summed E-state index contributed by atoms with van der Waals surface area (Å²) in [4.78, 5) is 0. The highest BCUT2D eigenvalue weighted by Gasteiger charge is 2.47. The molecule has 2 aliphatic carbocycles. The van der Waals surface area contributed by atoms with Gasteiger partial charge in [-0.15, -0.1) is 0 Å². The summed E-state index contributed by atoms with van der Waals surface area (Å²) in [7, 11) is 0. The van der Waals surface area contributed by atoms with Crippen molar-refractivity contribution in [3.63, 3.8) is 0 Å². The van der Waals surface area contributed by atoms with Gasteiger partial charge in [-0.05, 0) is 172 Å². The number of fused-ring (bicyclic) bond motifs is 1. The maximum absolute atomic E-state index is 5.98. The molecule has 0 aromatic rings. The van der Waals surface area contributed by atoms with Gasteiger partial charge in [0.25, 0.3) is 0 Å². The van der Waals surface area contributed by atoms with Gasteiger partial charge in [0.1, 0.15) is 0 Å². The van der Waals surface area contributed by atoms with E-state index in [1.165, 1.54) is 109 Å². The predicted octanol–water partition coefficient (Wildman–Crippen LogP) is 33.4. The predicted molar refractivity (Wildman–Crippen MR) is 463 cm³/mol. The van der Waals surface area contributed by atoms with E-state index in [9.17, 15) is 0 Å². The second kappa shape index (κ2) is 101. The first-order valence-corrected chi connectivity index (χ1v) is 45.0. The molecule has 0 spiro atoms. The van der Waals surface area contributed by atoms with Gasteiger partial charge in [-0.3, -0.25) is 0 Å². The van der Waals surface area contributed by atoms with Crippen molar-refractivity contribution in [3.8, 4) is 0 Å². The van der Waals surface area contributed by atoms with Gasteiger partial charge in [0.05, 0.1) is 44.7 Å². The lowest BCUT2D eigenvalue weighted by Gasteiger charge is -2.37. The molecule has 0 amide bonds. The van der Waals surface area contributed by atoms with Crippen LogP contribution in [-0.2, 0) is 23.7 Å². The van der Waals surface area contributed by atoms with Crippen molar-refractivity contribution in [2.45, 2.75) is 473 Å². The highest BCUT2D eigenvalue weighted by molar-refractivity contribution is 4.94. The molecule has 0 bridgehead atoms. The molecule has 6 rings (SSSR count). The third-order valence-electron chi connectivity index (χ3n) is 15.8. The van der Waals surface area contributed by atoms with Crippen LogP contribution in [0.2, 0.25) is 0 Å². The first kappa shape index (κ1) is 127. The van der Waals surface area contributed by atoms with Crippen LogP contribution in [0.1, 0.15) is 448 Å². The lowest BCUT2D eigenvalue weighted by molar-refractivity contribution is -0.208. The van der Waals surface area contributed by atoms with Crippen LogP contribution in [-0.4, -0.2) is 57.6 Å². The maximum Gasteiger partial charge on any atom is 0.157 e. The summed E-state index contributed by atoms with van der Waals surface area (Å²) >= 11 is 0. The van der Waals surface area contributed by atoms with E-state index in [2.05, 4.69) is 138 Å². The van der Waals surface area contributed by atoms with Crippen molar-refractivity contribution in [2.24, 2.45) is 107 Å². The summed E-state index contributed by atoms with van der Waals surface area (Å²) in [6.07, 6.45) is 26.3. The Balaban J connectivity index is -0.0000000767. The topological polar surface area (TPSA) is 46.2 Å². The van der Waals surface area contributed by atoms with Gasteiger partial charge in [0.15, 0.2) is 6.29 Å². The standard InChI is InChI=1S/C14H26O2.C14H28.C13H26O.C12H24O2.C12H24.14C2H6/c1-9(2)5-11-7-15-14-12(6-10(3)4)8-16-13(11)14;1-11(2)9-13-5-7-14(8-6-13)10-12(3)4;1-10(2)7-12-5-6-13(14-9-12)8-11(3)4;1-9(2)5-11-7-13-12(14-8-11)6-10(3)4;1-9(2)5-11-7-12(8-11)6-10(3)4;14*1-2/h9-14H,5-8H2,1-4H3;11-14H,5-10H2,1-4H3;10-13H,5-9H2,1-4H3;9-12H,5-8H2,1-4H3;9-12H,5-8H2,1-4H3;14*1-2H3. The molecule has 614 valence electrons. The summed E-state index contributed by atoms with van der Waals surface area (Å²) in [6, 6.07) is 0. The SMILES string of the molecule is CC.CC.CC.CC.CC.CC.CC.CC.CC.CC.CC.CC.CC.CC.CC(C)CC1CC(CC(C)C)C1.CC(C)CC1CCC(CC(C)C)CC1.CC(C)CC1CCC(CC(C)C)OC1.CC(C)CC1COC(CC(C)C)OC1.CC(C)CC1COC2C(CC(C)C)COC12. The van der Waals surface area contributed by atoms with E-state index in [1.807, 2.05) is 194 Å². The van der Waals surface area contributed by atoms with E-state index in [0.29, 0.717) is 42.0 Å². The Morgan fingerprint density at radius 3 is 0.643 bits per heavy atom. The lowest BCUT2D eigenvalue weighted by Crippen LogP contribution is -2.33. The third-order valence-corrected chi connectivity index (χ3v) is 15.8. The molecule has 0 aromatic carbocycles. The van der Waals surface area contributed by atoms with Crippen LogP contribution >= 0.6 is 0 Å². The van der Waals surface area contributed by atoms with E-state index in [1.54, 1.807) is 0 Å². The molecule has 5 nitrogen and oxygen atoms in total. The second-order valence-corrected chi connectivity index (χ2v) is 28.9. The minimum absolute atomic E-state index is 0.0541. The summed E-state index contributed by atoms with van der Waals surface area (Å²) in [5.74, 6) is 15.1. The Kier molecular flexibility index (Phi) is 131. The zero-order valence-electron chi connectivity index (χ0n) is 79.0. The van der Waals surface area contributed by atoms with Crippen LogP contribution in [0.15, 0.2) is 0 Å². The summed E-state index contributed by atoms with van der Waals surface area (Å²) < 4.78 is 29.2. The summed E-state index contributed by atoms with van der Waals surface area (Å²) in [6.45, 7) is 107. The maximum atomic E-state index is 5.98. The van der Waals surface area contributed by atoms with Gasteiger partial charge in [0, 0.05) is 30.8 Å². The molecule has 6 atom stereocenters. The van der Waals surface area contributed by atoms with E-state index >= 15 is 0 Å². The Morgan fingerprint density at radius 2 is 0.408 bits per heavy atom. The van der Waals surface area contributed by atoms with Crippen molar-refractivity contribution >= 4 is 0 Å². The molecule has 6 unspecified atom stereocenters. The first-order chi connectivity index (χ1) is 46.9. The zero-order chi connectivity index (χ0) is 80.5. The average Bonchev–Trinajstić information content (AvgIpc) is 1.65. The molecular weight excluding hydrogens is 1200 g/mol. The molecule has 5 heteroatoms.